The van der Waals surface area contributed by atoms with Crippen LogP contribution < -0.4 is 10.2 Å². The molecule has 0 atom stereocenters. The zero-order valence-electron chi connectivity index (χ0n) is 14.1. The van der Waals surface area contributed by atoms with Gasteiger partial charge in [-0.05, 0) is 43.7 Å². The molecule has 0 aliphatic carbocycles. The number of hydrogen-bond donors (Lipinski definition) is 1. The molecule has 2 rings (SSSR count). The molecule has 0 saturated carbocycles. The number of amides is 1. The quantitative estimate of drug-likeness (QED) is 0.859. The van der Waals surface area contributed by atoms with Crippen LogP contribution in [0.2, 0.25) is 0 Å². The van der Waals surface area contributed by atoms with Crippen LogP contribution in [0, 0.1) is 0 Å². The van der Waals surface area contributed by atoms with Gasteiger partial charge in [-0.2, -0.15) is 13.2 Å². The van der Waals surface area contributed by atoms with E-state index in [-0.39, 0.29) is 12.1 Å². The van der Waals surface area contributed by atoms with Gasteiger partial charge in [-0.15, -0.1) is 0 Å². The topological polar surface area (TPSA) is 45.2 Å². The molecule has 0 unspecified atom stereocenters. The number of alkyl halides is 3. The Kier molecular flexibility index (Phi) is 6.01. The summed E-state index contributed by atoms with van der Waals surface area (Å²) in [6.07, 6.45) is -2.82. The first-order chi connectivity index (χ1) is 11.8. The summed E-state index contributed by atoms with van der Waals surface area (Å²) >= 11 is 0. The van der Waals surface area contributed by atoms with E-state index in [0.717, 1.165) is 36.6 Å². The zero-order valence-corrected chi connectivity index (χ0v) is 14.1. The maximum atomic E-state index is 12.7. The van der Waals surface area contributed by atoms with E-state index >= 15 is 0 Å². The lowest BCUT2D eigenvalue weighted by Gasteiger charge is -2.19. The van der Waals surface area contributed by atoms with Gasteiger partial charge < -0.3 is 10.2 Å². The van der Waals surface area contributed by atoms with Gasteiger partial charge >= 0.3 is 6.18 Å². The first-order valence-corrected chi connectivity index (χ1v) is 8.00. The summed E-state index contributed by atoms with van der Waals surface area (Å²) in [5.74, 6) is 0.289. The SMILES string of the molecule is CCN(CC)c1ccc(CNC(=O)c2cccc(C(F)(F)F)c2)cn1. The van der Waals surface area contributed by atoms with E-state index in [0.29, 0.717) is 0 Å². The van der Waals surface area contributed by atoms with Crippen LogP contribution in [0.25, 0.3) is 0 Å². The van der Waals surface area contributed by atoms with Crippen LogP contribution in [0.5, 0.6) is 0 Å². The van der Waals surface area contributed by atoms with Gasteiger partial charge in [0, 0.05) is 31.4 Å². The van der Waals surface area contributed by atoms with Crippen LogP contribution in [0.15, 0.2) is 42.6 Å². The van der Waals surface area contributed by atoms with E-state index in [1.54, 1.807) is 6.20 Å². The third kappa shape index (κ3) is 4.95. The number of rotatable bonds is 6. The monoisotopic (exact) mass is 351 g/mol. The van der Waals surface area contributed by atoms with Crippen molar-refractivity contribution in [2.24, 2.45) is 0 Å². The molecule has 1 amide bonds. The van der Waals surface area contributed by atoms with Crippen molar-refractivity contribution in [1.29, 1.82) is 0 Å². The second-order valence-electron chi connectivity index (χ2n) is 5.46. The molecule has 0 aliphatic heterocycles. The number of hydrogen-bond acceptors (Lipinski definition) is 3. The highest BCUT2D eigenvalue weighted by Gasteiger charge is 2.30. The summed E-state index contributed by atoms with van der Waals surface area (Å²) in [5, 5.41) is 2.61. The Labute approximate surface area is 144 Å². The molecular weight excluding hydrogens is 331 g/mol. The number of benzene rings is 1. The van der Waals surface area contributed by atoms with Gasteiger partial charge in [-0.25, -0.2) is 4.98 Å². The van der Waals surface area contributed by atoms with E-state index in [1.165, 1.54) is 12.1 Å². The van der Waals surface area contributed by atoms with E-state index < -0.39 is 17.6 Å². The Hall–Kier alpha value is -2.57. The summed E-state index contributed by atoms with van der Waals surface area (Å²) in [5.41, 5.74) is -0.0934. The van der Waals surface area contributed by atoms with Gasteiger partial charge in [0.2, 0.25) is 0 Å². The number of carbonyl (C=O) groups is 1. The normalized spacial score (nSPS) is 11.2. The smallest absolute Gasteiger partial charge is 0.357 e. The van der Waals surface area contributed by atoms with Crippen molar-refractivity contribution in [1.82, 2.24) is 10.3 Å². The van der Waals surface area contributed by atoms with Gasteiger partial charge in [0.15, 0.2) is 0 Å². The third-order valence-corrected chi connectivity index (χ3v) is 3.80. The van der Waals surface area contributed by atoms with Crippen LogP contribution >= 0.6 is 0 Å². The molecule has 1 aromatic carbocycles. The van der Waals surface area contributed by atoms with Crippen molar-refractivity contribution in [2.75, 3.05) is 18.0 Å². The first-order valence-electron chi connectivity index (χ1n) is 8.00. The predicted molar refractivity (Wildman–Crippen MR) is 90.4 cm³/mol. The highest BCUT2D eigenvalue weighted by Crippen LogP contribution is 2.29. The molecule has 2 aromatic rings. The lowest BCUT2D eigenvalue weighted by Crippen LogP contribution is -2.24. The molecule has 134 valence electrons. The molecule has 1 heterocycles. The standard InChI is InChI=1S/C18H20F3N3O/c1-3-24(4-2)16-9-8-13(11-22-16)12-23-17(25)14-6-5-7-15(10-14)18(19,20)21/h5-11H,3-4,12H2,1-2H3,(H,23,25). The Morgan fingerprint density at radius 2 is 1.88 bits per heavy atom. The van der Waals surface area contributed by atoms with Crippen molar-refractivity contribution in [2.45, 2.75) is 26.6 Å². The molecule has 1 N–H and O–H groups in total. The molecule has 1 aromatic heterocycles. The van der Waals surface area contributed by atoms with Crippen LogP contribution in [0.4, 0.5) is 19.0 Å². The van der Waals surface area contributed by atoms with Crippen molar-refractivity contribution < 1.29 is 18.0 Å². The van der Waals surface area contributed by atoms with Crippen molar-refractivity contribution in [3.05, 3.63) is 59.3 Å². The van der Waals surface area contributed by atoms with Gasteiger partial charge in [0.1, 0.15) is 5.82 Å². The Balaban J connectivity index is 2.00. The number of pyridine rings is 1. The van der Waals surface area contributed by atoms with Crippen molar-refractivity contribution >= 4 is 11.7 Å². The van der Waals surface area contributed by atoms with Crippen LogP contribution in [-0.2, 0) is 12.7 Å². The maximum absolute atomic E-state index is 12.7. The van der Waals surface area contributed by atoms with Gasteiger partial charge in [-0.1, -0.05) is 12.1 Å². The lowest BCUT2D eigenvalue weighted by molar-refractivity contribution is -0.137. The molecule has 4 nitrogen and oxygen atoms in total. The summed E-state index contributed by atoms with van der Waals surface area (Å²) < 4.78 is 38.1. The fraction of sp³-hybridized carbons (Fsp3) is 0.333. The van der Waals surface area contributed by atoms with Gasteiger partial charge in [-0.3, -0.25) is 4.79 Å². The third-order valence-electron chi connectivity index (χ3n) is 3.80. The number of carbonyl (C=O) groups excluding carboxylic acids is 1. The van der Waals surface area contributed by atoms with E-state index in [4.69, 9.17) is 0 Å². The zero-order chi connectivity index (χ0) is 18.4. The number of nitrogens with zero attached hydrogens (tertiary/aromatic N) is 2. The molecule has 0 fully saturated rings. The van der Waals surface area contributed by atoms with Gasteiger partial charge in [0.25, 0.3) is 5.91 Å². The van der Waals surface area contributed by atoms with Crippen LogP contribution in [0.1, 0.15) is 35.3 Å². The fourth-order valence-corrected chi connectivity index (χ4v) is 2.38. The van der Waals surface area contributed by atoms with Gasteiger partial charge in [0.05, 0.1) is 5.56 Å². The van der Waals surface area contributed by atoms with Crippen LogP contribution in [0.3, 0.4) is 0 Å². The Morgan fingerprint density at radius 1 is 1.16 bits per heavy atom. The largest absolute Gasteiger partial charge is 0.416 e. The number of aromatic nitrogens is 1. The summed E-state index contributed by atoms with van der Waals surface area (Å²) in [4.78, 5) is 18.5. The molecule has 0 saturated heterocycles. The maximum Gasteiger partial charge on any atom is 0.416 e. The second kappa shape index (κ2) is 8.00. The van der Waals surface area contributed by atoms with E-state index in [2.05, 4.69) is 15.2 Å². The minimum Gasteiger partial charge on any atom is -0.357 e. The Bertz CT molecular complexity index is 710. The minimum atomic E-state index is -4.47. The second-order valence-corrected chi connectivity index (χ2v) is 5.46. The molecule has 0 bridgehead atoms. The first kappa shape index (κ1) is 18.8. The van der Waals surface area contributed by atoms with E-state index in [9.17, 15) is 18.0 Å². The summed E-state index contributed by atoms with van der Waals surface area (Å²) in [6, 6.07) is 8.06. The number of nitrogens with one attached hydrogen (secondary N) is 1. The number of halogens is 3. The molecule has 7 heteroatoms. The van der Waals surface area contributed by atoms with Crippen molar-refractivity contribution in [3.8, 4) is 0 Å². The average molecular weight is 351 g/mol. The lowest BCUT2D eigenvalue weighted by atomic mass is 10.1. The predicted octanol–water partition coefficient (Wildman–Crippen LogP) is 3.88. The highest BCUT2D eigenvalue weighted by atomic mass is 19.4. The van der Waals surface area contributed by atoms with Crippen molar-refractivity contribution in [3.63, 3.8) is 0 Å². The van der Waals surface area contributed by atoms with Crippen LogP contribution in [-0.4, -0.2) is 24.0 Å². The molecule has 0 spiro atoms. The summed E-state index contributed by atoms with van der Waals surface area (Å²) in [7, 11) is 0. The molecule has 0 aliphatic rings. The highest BCUT2D eigenvalue weighted by molar-refractivity contribution is 5.94. The molecule has 25 heavy (non-hydrogen) atoms. The summed E-state index contributed by atoms with van der Waals surface area (Å²) in [6.45, 7) is 5.95. The average Bonchev–Trinajstić information content (AvgIpc) is 2.61. The Morgan fingerprint density at radius 3 is 2.44 bits per heavy atom. The molecule has 0 radical (unpaired) electrons. The fourth-order valence-electron chi connectivity index (χ4n) is 2.38. The van der Waals surface area contributed by atoms with E-state index in [1.807, 2.05) is 26.0 Å². The molecular formula is C18H20F3N3O. The number of anilines is 1. The minimum absolute atomic E-state index is 0.0254.